The first-order valence-corrected chi connectivity index (χ1v) is 6.96. The van der Waals surface area contributed by atoms with Gasteiger partial charge in [0.25, 0.3) is 0 Å². The zero-order valence-corrected chi connectivity index (χ0v) is 12.8. The molecule has 0 heterocycles. The third-order valence-corrected chi connectivity index (χ3v) is 3.87. The SMILES string of the molecule is CC(C)(C)C(CS)COc1ccc(Br)c(F)c1. The lowest BCUT2D eigenvalue weighted by atomic mass is 9.82. The Morgan fingerprint density at radius 3 is 2.53 bits per heavy atom. The van der Waals surface area contributed by atoms with Crippen molar-refractivity contribution in [1.82, 2.24) is 0 Å². The Morgan fingerprint density at radius 2 is 2.06 bits per heavy atom. The summed E-state index contributed by atoms with van der Waals surface area (Å²) in [6.45, 7) is 7.01. The highest BCUT2D eigenvalue weighted by atomic mass is 79.9. The van der Waals surface area contributed by atoms with Crippen molar-refractivity contribution in [2.45, 2.75) is 20.8 Å². The minimum Gasteiger partial charge on any atom is -0.493 e. The average molecular weight is 321 g/mol. The first-order chi connectivity index (χ1) is 7.84. The van der Waals surface area contributed by atoms with E-state index in [4.69, 9.17) is 4.74 Å². The molecule has 96 valence electrons. The smallest absolute Gasteiger partial charge is 0.141 e. The molecule has 17 heavy (non-hydrogen) atoms. The van der Waals surface area contributed by atoms with Gasteiger partial charge in [0.1, 0.15) is 11.6 Å². The van der Waals surface area contributed by atoms with E-state index in [2.05, 4.69) is 49.3 Å². The molecule has 1 atom stereocenters. The number of halogens is 2. The van der Waals surface area contributed by atoms with Crippen LogP contribution in [-0.4, -0.2) is 12.4 Å². The van der Waals surface area contributed by atoms with E-state index in [1.807, 2.05) is 0 Å². The number of ether oxygens (including phenoxy) is 1. The molecule has 0 saturated carbocycles. The largest absolute Gasteiger partial charge is 0.493 e. The summed E-state index contributed by atoms with van der Waals surface area (Å²) in [5.74, 6) is 1.34. The molecular formula is C13H18BrFOS. The molecule has 0 amide bonds. The molecule has 1 aromatic carbocycles. The van der Waals surface area contributed by atoms with Gasteiger partial charge < -0.3 is 4.74 Å². The molecule has 0 fully saturated rings. The van der Waals surface area contributed by atoms with Gasteiger partial charge in [-0.25, -0.2) is 4.39 Å². The minimum atomic E-state index is -0.305. The summed E-state index contributed by atoms with van der Waals surface area (Å²) >= 11 is 7.44. The van der Waals surface area contributed by atoms with Crippen LogP contribution in [0.25, 0.3) is 0 Å². The lowest BCUT2D eigenvalue weighted by molar-refractivity contribution is 0.165. The second-order valence-electron chi connectivity index (χ2n) is 5.13. The van der Waals surface area contributed by atoms with Gasteiger partial charge in [-0.15, -0.1) is 0 Å². The van der Waals surface area contributed by atoms with Crippen molar-refractivity contribution in [3.05, 3.63) is 28.5 Å². The zero-order chi connectivity index (χ0) is 13.1. The molecule has 1 rings (SSSR count). The fourth-order valence-electron chi connectivity index (χ4n) is 1.34. The molecule has 0 aliphatic rings. The van der Waals surface area contributed by atoms with E-state index < -0.39 is 0 Å². The molecule has 0 bridgehead atoms. The lowest BCUT2D eigenvalue weighted by Gasteiger charge is -2.29. The van der Waals surface area contributed by atoms with Crippen LogP contribution >= 0.6 is 28.6 Å². The lowest BCUT2D eigenvalue weighted by Crippen LogP contribution is -2.28. The second kappa shape index (κ2) is 6.10. The van der Waals surface area contributed by atoms with Crippen LogP contribution in [0.2, 0.25) is 0 Å². The molecule has 0 spiro atoms. The van der Waals surface area contributed by atoms with Crippen LogP contribution in [0.3, 0.4) is 0 Å². The van der Waals surface area contributed by atoms with Gasteiger partial charge in [0.15, 0.2) is 0 Å². The van der Waals surface area contributed by atoms with Gasteiger partial charge in [-0.1, -0.05) is 20.8 Å². The van der Waals surface area contributed by atoms with E-state index in [0.717, 1.165) is 5.75 Å². The molecule has 0 aliphatic heterocycles. The molecule has 0 radical (unpaired) electrons. The van der Waals surface area contributed by atoms with Crippen LogP contribution in [0.1, 0.15) is 20.8 Å². The Morgan fingerprint density at radius 1 is 1.41 bits per heavy atom. The number of hydrogen-bond donors (Lipinski definition) is 1. The topological polar surface area (TPSA) is 9.23 Å². The van der Waals surface area contributed by atoms with Gasteiger partial charge in [-0.3, -0.25) is 0 Å². The average Bonchev–Trinajstić information content (AvgIpc) is 2.22. The number of thiol groups is 1. The Labute approximate surface area is 116 Å². The summed E-state index contributed by atoms with van der Waals surface area (Å²) in [6, 6.07) is 4.80. The third-order valence-electron chi connectivity index (χ3n) is 2.79. The highest BCUT2D eigenvalue weighted by Gasteiger charge is 2.23. The minimum absolute atomic E-state index is 0.135. The first kappa shape index (κ1) is 14.8. The van der Waals surface area contributed by atoms with Crippen LogP contribution in [-0.2, 0) is 0 Å². The van der Waals surface area contributed by atoms with Crippen molar-refractivity contribution in [2.24, 2.45) is 11.3 Å². The molecule has 0 N–H and O–H groups in total. The summed E-state index contributed by atoms with van der Waals surface area (Å²) in [6.07, 6.45) is 0. The summed E-state index contributed by atoms with van der Waals surface area (Å²) in [5.41, 5.74) is 0.135. The van der Waals surface area contributed by atoms with E-state index in [1.54, 1.807) is 12.1 Å². The normalized spacial score (nSPS) is 13.5. The second-order valence-corrected chi connectivity index (χ2v) is 6.35. The molecule has 1 nitrogen and oxygen atoms in total. The van der Waals surface area contributed by atoms with Crippen molar-refractivity contribution < 1.29 is 9.13 Å². The van der Waals surface area contributed by atoms with Crippen molar-refractivity contribution in [1.29, 1.82) is 0 Å². The van der Waals surface area contributed by atoms with Crippen LogP contribution in [0.4, 0.5) is 4.39 Å². The summed E-state index contributed by atoms with van der Waals surface area (Å²) in [7, 11) is 0. The van der Waals surface area contributed by atoms with Gasteiger partial charge in [0, 0.05) is 12.0 Å². The van der Waals surface area contributed by atoms with Crippen LogP contribution in [0, 0.1) is 17.2 Å². The highest BCUT2D eigenvalue weighted by Crippen LogP contribution is 2.28. The Balaban J connectivity index is 2.63. The predicted molar refractivity (Wildman–Crippen MR) is 76.4 cm³/mol. The van der Waals surface area contributed by atoms with E-state index >= 15 is 0 Å². The van der Waals surface area contributed by atoms with Crippen molar-refractivity contribution in [3.8, 4) is 5.75 Å². The first-order valence-electron chi connectivity index (χ1n) is 5.53. The quantitative estimate of drug-likeness (QED) is 0.800. The van der Waals surface area contributed by atoms with E-state index in [-0.39, 0.29) is 11.2 Å². The highest BCUT2D eigenvalue weighted by molar-refractivity contribution is 9.10. The van der Waals surface area contributed by atoms with Gasteiger partial charge in [-0.05, 0) is 39.2 Å². The molecule has 1 aromatic rings. The van der Waals surface area contributed by atoms with Crippen LogP contribution in [0.15, 0.2) is 22.7 Å². The van der Waals surface area contributed by atoms with Gasteiger partial charge in [0.2, 0.25) is 0 Å². The van der Waals surface area contributed by atoms with Crippen LogP contribution < -0.4 is 4.74 Å². The molecule has 0 aromatic heterocycles. The molecule has 1 unspecified atom stereocenters. The van der Waals surface area contributed by atoms with E-state index in [9.17, 15) is 4.39 Å². The van der Waals surface area contributed by atoms with Crippen molar-refractivity contribution in [2.75, 3.05) is 12.4 Å². The Bertz CT molecular complexity index is 376. The van der Waals surface area contributed by atoms with Gasteiger partial charge in [-0.2, -0.15) is 12.6 Å². The van der Waals surface area contributed by atoms with E-state index in [0.29, 0.717) is 22.7 Å². The van der Waals surface area contributed by atoms with Crippen LogP contribution in [0.5, 0.6) is 5.75 Å². The van der Waals surface area contributed by atoms with E-state index in [1.165, 1.54) is 6.07 Å². The molecule has 4 heteroatoms. The third kappa shape index (κ3) is 4.51. The molecular weight excluding hydrogens is 303 g/mol. The van der Waals surface area contributed by atoms with Gasteiger partial charge in [0.05, 0.1) is 11.1 Å². The summed E-state index contributed by atoms with van der Waals surface area (Å²) in [4.78, 5) is 0. The summed E-state index contributed by atoms with van der Waals surface area (Å²) < 4.78 is 19.3. The van der Waals surface area contributed by atoms with Gasteiger partial charge >= 0.3 is 0 Å². The standard InChI is InChI=1S/C13H18BrFOS/c1-13(2,3)9(8-17)7-16-10-4-5-11(14)12(15)6-10/h4-6,9,17H,7-8H2,1-3H3. The zero-order valence-electron chi connectivity index (χ0n) is 10.3. The maximum Gasteiger partial charge on any atom is 0.141 e. The molecule has 0 saturated heterocycles. The molecule has 0 aliphatic carbocycles. The number of rotatable bonds is 4. The number of benzene rings is 1. The van der Waals surface area contributed by atoms with Crippen molar-refractivity contribution >= 4 is 28.6 Å². The number of hydrogen-bond acceptors (Lipinski definition) is 2. The summed E-state index contributed by atoms with van der Waals surface area (Å²) in [5, 5.41) is 0. The fraction of sp³-hybridized carbons (Fsp3) is 0.538. The van der Waals surface area contributed by atoms with Crippen molar-refractivity contribution in [3.63, 3.8) is 0 Å². The Hall–Kier alpha value is -0.220. The fourth-order valence-corrected chi connectivity index (χ4v) is 2.24. The predicted octanol–water partition coefficient (Wildman–Crippen LogP) is 4.56. The monoisotopic (exact) mass is 320 g/mol. The Kier molecular flexibility index (Phi) is 5.32. The maximum atomic E-state index is 13.3. The maximum absolute atomic E-state index is 13.3.